The molecule has 0 aliphatic heterocycles. The topological polar surface area (TPSA) is 48.5 Å². The van der Waals surface area contributed by atoms with E-state index < -0.39 is 0 Å². The summed E-state index contributed by atoms with van der Waals surface area (Å²) in [7, 11) is 1.95. The molecule has 0 atom stereocenters. The highest BCUT2D eigenvalue weighted by molar-refractivity contribution is 5.84. The largest absolute Gasteiger partial charge is 0.266 e. The lowest BCUT2D eigenvalue weighted by atomic mass is 10.1. The normalized spacial score (nSPS) is 16.0. The van der Waals surface area contributed by atoms with Crippen LogP contribution in [-0.4, -0.2) is 24.5 Å². The van der Waals surface area contributed by atoms with Crippen molar-refractivity contribution in [3.05, 3.63) is 29.6 Å². The number of rotatable bonds is 2. The summed E-state index contributed by atoms with van der Waals surface area (Å²) in [6.45, 7) is 4.24. The molecule has 3 heterocycles. The molecule has 0 bridgehead atoms. The molecule has 0 spiro atoms. The van der Waals surface area contributed by atoms with E-state index in [1.54, 1.807) is 0 Å². The molecule has 5 heteroatoms. The monoisotopic (exact) mass is 295 g/mol. The van der Waals surface area contributed by atoms with E-state index in [1.165, 1.54) is 36.6 Å². The van der Waals surface area contributed by atoms with Crippen molar-refractivity contribution in [1.82, 2.24) is 24.5 Å². The third-order valence-corrected chi connectivity index (χ3v) is 4.79. The first kappa shape index (κ1) is 13.5. The number of hydrogen-bond acceptors (Lipinski definition) is 3. The maximum Gasteiger partial charge on any atom is 0.159 e. The van der Waals surface area contributed by atoms with E-state index in [0.29, 0.717) is 6.04 Å². The summed E-state index contributed by atoms with van der Waals surface area (Å²) in [5, 5.41) is 10.3. The summed E-state index contributed by atoms with van der Waals surface area (Å²) >= 11 is 0. The van der Waals surface area contributed by atoms with Crippen LogP contribution >= 0.6 is 0 Å². The van der Waals surface area contributed by atoms with Gasteiger partial charge in [-0.25, -0.2) is 9.67 Å². The van der Waals surface area contributed by atoms with Gasteiger partial charge in [-0.3, -0.25) is 4.68 Å². The molecule has 3 aromatic rings. The first-order chi connectivity index (χ1) is 10.6. The van der Waals surface area contributed by atoms with Crippen LogP contribution in [-0.2, 0) is 7.05 Å². The number of fused-ring (bicyclic) bond motifs is 1. The zero-order chi connectivity index (χ0) is 15.3. The second kappa shape index (κ2) is 4.93. The zero-order valence-corrected chi connectivity index (χ0v) is 13.4. The molecule has 0 amide bonds. The maximum absolute atomic E-state index is 4.94. The van der Waals surface area contributed by atoms with Crippen molar-refractivity contribution >= 4 is 11.0 Å². The van der Waals surface area contributed by atoms with Gasteiger partial charge in [-0.05, 0) is 44.4 Å². The first-order valence-electron chi connectivity index (χ1n) is 8.00. The van der Waals surface area contributed by atoms with Gasteiger partial charge in [-0.1, -0.05) is 12.8 Å². The van der Waals surface area contributed by atoms with Crippen LogP contribution in [0.1, 0.15) is 43.0 Å². The molecule has 5 nitrogen and oxygen atoms in total. The molecule has 0 saturated heterocycles. The van der Waals surface area contributed by atoms with Crippen molar-refractivity contribution in [2.75, 3.05) is 0 Å². The van der Waals surface area contributed by atoms with Crippen LogP contribution < -0.4 is 0 Å². The third-order valence-electron chi connectivity index (χ3n) is 4.79. The Kier molecular flexibility index (Phi) is 3.03. The highest BCUT2D eigenvalue weighted by Gasteiger charge is 2.23. The Hall–Kier alpha value is -2.17. The van der Waals surface area contributed by atoms with Crippen molar-refractivity contribution < 1.29 is 0 Å². The highest BCUT2D eigenvalue weighted by Crippen LogP contribution is 2.34. The fourth-order valence-electron chi connectivity index (χ4n) is 3.69. The highest BCUT2D eigenvalue weighted by atomic mass is 15.3. The van der Waals surface area contributed by atoms with Crippen molar-refractivity contribution in [1.29, 1.82) is 0 Å². The first-order valence-corrected chi connectivity index (χ1v) is 8.00. The van der Waals surface area contributed by atoms with E-state index in [9.17, 15) is 0 Å². The Morgan fingerprint density at radius 3 is 2.64 bits per heavy atom. The van der Waals surface area contributed by atoms with Gasteiger partial charge in [0.05, 0.1) is 23.1 Å². The van der Waals surface area contributed by atoms with Gasteiger partial charge in [0, 0.05) is 18.6 Å². The lowest BCUT2D eigenvalue weighted by molar-refractivity contribution is 0.476. The standard InChI is InChI=1S/C17H21N5/c1-11-10-14(15-8-9-18-21(15)3)19-17-16(11)12(2)20-22(17)13-6-4-5-7-13/h8-10,13H,4-7H2,1-3H3. The molecule has 3 aromatic heterocycles. The van der Waals surface area contributed by atoms with Crippen LogP contribution in [0.4, 0.5) is 0 Å². The molecular formula is C17H21N5. The number of aromatic nitrogens is 5. The number of hydrogen-bond donors (Lipinski definition) is 0. The van der Waals surface area contributed by atoms with Gasteiger partial charge in [0.15, 0.2) is 5.65 Å². The number of nitrogens with zero attached hydrogens (tertiary/aromatic N) is 5. The van der Waals surface area contributed by atoms with Gasteiger partial charge in [-0.2, -0.15) is 10.2 Å². The zero-order valence-electron chi connectivity index (χ0n) is 13.4. The Balaban J connectivity index is 1.95. The fourth-order valence-corrected chi connectivity index (χ4v) is 3.69. The Morgan fingerprint density at radius 1 is 1.18 bits per heavy atom. The molecule has 0 unspecified atom stereocenters. The molecule has 22 heavy (non-hydrogen) atoms. The molecule has 0 N–H and O–H groups in total. The molecular weight excluding hydrogens is 274 g/mol. The fraction of sp³-hybridized carbons (Fsp3) is 0.471. The minimum atomic E-state index is 0.505. The van der Waals surface area contributed by atoms with E-state index >= 15 is 0 Å². The van der Waals surface area contributed by atoms with Gasteiger partial charge in [0.1, 0.15) is 0 Å². The summed E-state index contributed by atoms with van der Waals surface area (Å²) in [6, 6.07) is 4.66. The van der Waals surface area contributed by atoms with E-state index in [4.69, 9.17) is 10.1 Å². The van der Waals surface area contributed by atoms with Crippen LogP contribution in [0.2, 0.25) is 0 Å². The van der Waals surface area contributed by atoms with Crippen molar-refractivity contribution in [2.24, 2.45) is 7.05 Å². The molecule has 1 aliphatic carbocycles. The molecule has 1 fully saturated rings. The molecule has 0 radical (unpaired) electrons. The SMILES string of the molecule is Cc1cc(-c2ccnn2C)nc2c1c(C)nn2C1CCCC1. The van der Waals surface area contributed by atoms with Gasteiger partial charge in [0.2, 0.25) is 0 Å². The molecule has 114 valence electrons. The van der Waals surface area contributed by atoms with Crippen LogP contribution in [0.15, 0.2) is 18.3 Å². The van der Waals surface area contributed by atoms with Crippen molar-refractivity contribution in [3.63, 3.8) is 0 Å². The van der Waals surface area contributed by atoms with E-state index in [0.717, 1.165) is 22.7 Å². The smallest absolute Gasteiger partial charge is 0.159 e. The molecule has 1 saturated carbocycles. The van der Waals surface area contributed by atoms with Crippen LogP contribution in [0, 0.1) is 13.8 Å². The quantitative estimate of drug-likeness (QED) is 0.726. The second-order valence-electron chi connectivity index (χ2n) is 6.33. The summed E-state index contributed by atoms with van der Waals surface area (Å²) in [5.41, 5.74) is 5.37. The number of aryl methyl sites for hydroxylation is 3. The minimum Gasteiger partial charge on any atom is -0.266 e. The Labute approximate surface area is 130 Å². The van der Waals surface area contributed by atoms with E-state index in [2.05, 4.69) is 29.7 Å². The van der Waals surface area contributed by atoms with Gasteiger partial charge >= 0.3 is 0 Å². The average molecular weight is 295 g/mol. The third kappa shape index (κ3) is 1.95. The van der Waals surface area contributed by atoms with E-state index in [1.807, 2.05) is 24.0 Å². The van der Waals surface area contributed by atoms with Gasteiger partial charge in [-0.15, -0.1) is 0 Å². The summed E-state index contributed by atoms with van der Waals surface area (Å²) in [6.07, 6.45) is 6.84. The lowest BCUT2D eigenvalue weighted by Crippen LogP contribution is -2.08. The average Bonchev–Trinajstić information content (AvgIpc) is 3.18. The van der Waals surface area contributed by atoms with Crippen LogP contribution in [0.5, 0.6) is 0 Å². The van der Waals surface area contributed by atoms with Gasteiger partial charge in [0.25, 0.3) is 0 Å². The molecule has 0 aromatic carbocycles. The summed E-state index contributed by atoms with van der Waals surface area (Å²) < 4.78 is 4.04. The Bertz CT molecular complexity index is 836. The van der Waals surface area contributed by atoms with Crippen molar-refractivity contribution in [2.45, 2.75) is 45.6 Å². The molecule has 4 rings (SSSR count). The Morgan fingerprint density at radius 2 is 1.95 bits per heavy atom. The number of pyridine rings is 1. The van der Waals surface area contributed by atoms with Crippen LogP contribution in [0.25, 0.3) is 22.4 Å². The summed E-state index contributed by atoms with van der Waals surface area (Å²) in [4.78, 5) is 4.94. The minimum absolute atomic E-state index is 0.505. The predicted octanol–water partition coefficient (Wildman–Crippen LogP) is 3.56. The van der Waals surface area contributed by atoms with Gasteiger partial charge < -0.3 is 0 Å². The maximum atomic E-state index is 4.94. The van der Waals surface area contributed by atoms with Crippen molar-refractivity contribution in [3.8, 4) is 11.4 Å². The van der Waals surface area contributed by atoms with E-state index in [-0.39, 0.29) is 0 Å². The molecule has 1 aliphatic rings. The predicted molar refractivity (Wildman–Crippen MR) is 86.7 cm³/mol. The lowest BCUT2D eigenvalue weighted by Gasteiger charge is -2.12. The van der Waals surface area contributed by atoms with Crippen LogP contribution in [0.3, 0.4) is 0 Å². The summed E-state index contributed by atoms with van der Waals surface area (Å²) in [5.74, 6) is 0. The second-order valence-corrected chi connectivity index (χ2v) is 6.33.